The molecule has 1 rings (SSSR count). The number of hydrogen-bond acceptors (Lipinski definition) is 2. The fourth-order valence-corrected chi connectivity index (χ4v) is 1.91. The maximum Gasteiger partial charge on any atom is 0.241 e. The summed E-state index contributed by atoms with van der Waals surface area (Å²) in [6, 6.07) is 5.11. The first-order valence-electron chi connectivity index (χ1n) is 3.90. The predicted octanol–water partition coefficient (Wildman–Crippen LogP) is 1.76. The van der Waals surface area contributed by atoms with Gasteiger partial charge in [0.05, 0.1) is 0 Å². The van der Waals surface area contributed by atoms with Crippen LogP contribution < -0.4 is 11.5 Å². The topological polar surface area (TPSA) is 69.1 Å². The zero-order chi connectivity index (χ0) is 10.9. The van der Waals surface area contributed by atoms with Crippen LogP contribution in [0.5, 0.6) is 0 Å². The molecule has 14 heavy (non-hydrogen) atoms. The second-order valence-electron chi connectivity index (χ2n) is 3.19. The van der Waals surface area contributed by atoms with E-state index in [-0.39, 0.29) is 0 Å². The van der Waals surface area contributed by atoms with Crippen LogP contribution >= 0.6 is 27.5 Å². The van der Waals surface area contributed by atoms with E-state index in [2.05, 4.69) is 15.9 Å². The minimum atomic E-state index is -1.24. The Balaban J connectivity index is 3.26. The van der Waals surface area contributed by atoms with Crippen molar-refractivity contribution in [2.75, 3.05) is 0 Å². The molecule has 0 aliphatic carbocycles. The Kier molecular flexibility index (Phi) is 3.19. The van der Waals surface area contributed by atoms with Crippen molar-refractivity contribution in [1.82, 2.24) is 0 Å². The number of nitrogens with two attached hydrogens (primary N) is 2. The lowest BCUT2D eigenvalue weighted by Crippen LogP contribution is -2.46. The molecule has 0 saturated carbocycles. The molecule has 0 heterocycles. The highest BCUT2D eigenvalue weighted by Crippen LogP contribution is 2.28. The van der Waals surface area contributed by atoms with Crippen molar-refractivity contribution < 1.29 is 4.79 Å². The molecule has 1 atom stereocenters. The molecule has 4 N–H and O–H groups in total. The smallest absolute Gasteiger partial charge is 0.241 e. The van der Waals surface area contributed by atoms with Crippen molar-refractivity contribution in [2.45, 2.75) is 12.5 Å². The average molecular weight is 278 g/mol. The van der Waals surface area contributed by atoms with Crippen LogP contribution in [-0.4, -0.2) is 5.91 Å². The number of rotatable bonds is 2. The Morgan fingerprint density at radius 1 is 1.57 bits per heavy atom. The van der Waals surface area contributed by atoms with Crippen molar-refractivity contribution in [2.24, 2.45) is 11.5 Å². The van der Waals surface area contributed by atoms with Crippen LogP contribution in [0, 0.1) is 0 Å². The van der Waals surface area contributed by atoms with Crippen LogP contribution in [0.2, 0.25) is 5.02 Å². The molecular weight excluding hydrogens is 267 g/mol. The van der Waals surface area contributed by atoms with E-state index in [1.807, 2.05) is 0 Å². The van der Waals surface area contributed by atoms with Gasteiger partial charge in [-0.1, -0.05) is 33.6 Å². The first-order chi connectivity index (χ1) is 6.35. The summed E-state index contributed by atoms with van der Waals surface area (Å²) in [6.07, 6.45) is 0. The molecule has 1 amide bonds. The summed E-state index contributed by atoms with van der Waals surface area (Å²) < 4.78 is 0.825. The van der Waals surface area contributed by atoms with E-state index >= 15 is 0 Å². The summed E-state index contributed by atoms with van der Waals surface area (Å²) in [5, 5.41) is 0.420. The quantitative estimate of drug-likeness (QED) is 0.865. The third-order valence-electron chi connectivity index (χ3n) is 2.00. The molecule has 0 aliphatic heterocycles. The van der Waals surface area contributed by atoms with Gasteiger partial charge in [-0.25, -0.2) is 0 Å². The molecular formula is C9H10BrClN2O. The highest BCUT2D eigenvalue weighted by Gasteiger charge is 2.30. The summed E-state index contributed by atoms with van der Waals surface area (Å²) in [5.41, 5.74) is 10.2. The van der Waals surface area contributed by atoms with E-state index in [9.17, 15) is 4.79 Å². The molecule has 0 fully saturated rings. The van der Waals surface area contributed by atoms with E-state index in [4.69, 9.17) is 23.1 Å². The van der Waals surface area contributed by atoms with Gasteiger partial charge in [-0.3, -0.25) is 4.79 Å². The number of halogens is 2. The van der Waals surface area contributed by atoms with Crippen molar-refractivity contribution in [3.8, 4) is 0 Å². The van der Waals surface area contributed by atoms with Crippen LogP contribution in [0.4, 0.5) is 0 Å². The first-order valence-corrected chi connectivity index (χ1v) is 5.07. The van der Waals surface area contributed by atoms with Gasteiger partial charge in [0.2, 0.25) is 5.91 Å². The van der Waals surface area contributed by atoms with Crippen LogP contribution in [0.15, 0.2) is 22.7 Å². The third kappa shape index (κ3) is 2.08. The molecule has 0 radical (unpaired) electrons. The van der Waals surface area contributed by atoms with Gasteiger partial charge in [-0.15, -0.1) is 0 Å². The molecule has 1 unspecified atom stereocenters. The van der Waals surface area contributed by atoms with Crippen molar-refractivity contribution in [1.29, 1.82) is 0 Å². The van der Waals surface area contributed by atoms with Gasteiger partial charge in [0.1, 0.15) is 5.54 Å². The van der Waals surface area contributed by atoms with E-state index < -0.39 is 11.4 Å². The molecule has 0 bridgehead atoms. The highest BCUT2D eigenvalue weighted by molar-refractivity contribution is 9.10. The largest absolute Gasteiger partial charge is 0.368 e. The first kappa shape index (κ1) is 11.5. The summed E-state index contributed by atoms with van der Waals surface area (Å²) in [5.74, 6) is -0.610. The standard InChI is InChI=1S/C9H10BrClN2O/c1-9(13,8(12)14)6-3-2-5(10)4-7(6)11/h2-4H,13H2,1H3,(H2,12,14). The molecule has 1 aromatic carbocycles. The minimum absolute atomic E-state index is 0.420. The van der Waals surface area contributed by atoms with E-state index in [1.165, 1.54) is 6.92 Å². The lowest BCUT2D eigenvalue weighted by Gasteiger charge is -2.22. The lowest BCUT2D eigenvalue weighted by molar-refractivity contribution is -0.122. The van der Waals surface area contributed by atoms with Gasteiger partial charge >= 0.3 is 0 Å². The van der Waals surface area contributed by atoms with E-state index in [0.717, 1.165) is 4.47 Å². The van der Waals surface area contributed by atoms with Crippen LogP contribution in [0.3, 0.4) is 0 Å². The van der Waals surface area contributed by atoms with Gasteiger partial charge in [-0.05, 0) is 24.6 Å². The van der Waals surface area contributed by atoms with E-state index in [1.54, 1.807) is 18.2 Å². The summed E-state index contributed by atoms with van der Waals surface area (Å²) in [4.78, 5) is 11.1. The maximum atomic E-state index is 11.1. The summed E-state index contributed by atoms with van der Waals surface area (Å²) in [7, 11) is 0. The Morgan fingerprint density at radius 3 is 2.57 bits per heavy atom. The van der Waals surface area contributed by atoms with Crippen LogP contribution in [0.1, 0.15) is 12.5 Å². The SMILES string of the molecule is CC(N)(C(N)=O)c1ccc(Br)cc1Cl. The van der Waals surface area contributed by atoms with Crippen LogP contribution in [-0.2, 0) is 10.3 Å². The molecule has 0 spiro atoms. The van der Waals surface area contributed by atoms with E-state index in [0.29, 0.717) is 10.6 Å². The third-order valence-corrected chi connectivity index (χ3v) is 2.81. The average Bonchev–Trinajstić information content (AvgIpc) is 2.02. The fraction of sp³-hybridized carbons (Fsp3) is 0.222. The number of primary amides is 1. The number of benzene rings is 1. The Labute approximate surface area is 95.5 Å². The number of amides is 1. The minimum Gasteiger partial charge on any atom is -0.368 e. The van der Waals surface area contributed by atoms with Gasteiger partial charge in [0.25, 0.3) is 0 Å². The Hall–Kier alpha value is -0.580. The normalized spacial score (nSPS) is 14.9. The molecule has 0 aromatic heterocycles. The summed E-state index contributed by atoms with van der Waals surface area (Å²) in [6.45, 7) is 1.53. The molecule has 3 nitrogen and oxygen atoms in total. The van der Waals surface area contributed by atoms with Gasteiger partial charge in [-0.2, -0.15) is 0 Å². The van der Waals surface area contributed by atoms with Gasteiger partial charge < -0.3 is 11.5 Å². The number of carbonyl (C=O) groups excluding carboxylic acids is 1. The van der Waals surface area contributed by atoms with Crippen molar-refractivity contribution in [3.63, 3.8) is 0 Å². The summed E-state index contributed by atoms with van der Waals surface area (Å²) >= 11 is 9.20. The van der Waals surface area contributed by atoms with Gasteiger partial charge in [0, 0.05) is 9.50 Å². The second kappa shape index (κ2) is 3.88. The lowest BCUT2D eigenvalue weighted by atomic mass is 9.92. The molecule has 76 valence electrons. The van der Waals surface area contributed by atoms with Crippen LogP contribution in [0.25, 0.3) is 0 Å². The highest BCUT2D eigenvalue weighted by atomic mass is 79.9. The number of carbonyl (C=O) groups is 1. The Bertz CT molecular complexity index is 379. The predicted molar refractivity (Wildman–Crippen MR) is 59.9 cm³/mol. The molecule has 0 saturated heterocycles. The molecule has 5 heteroatoms. The van der Waals surface area contributed by atoms with Crippen molar-refractivity contribution in [3.05, 3.63) is 33.3 Å². The molecule has 0 aliphatic rings. The fourth-order valence-electron chi connectivity index (χ4n) is 1.04. The van der Waals surface area contributed by atoms with Gasteiger partial charge in [0.15, 0.2) is 0 Å². The monoisotopic (exact) mass is 276 g/mol. The zero-order valence-corrected chi connectivity index (χ0v) is 9.89. The maximum absolute atomic E-state index is 11.1. The molecule has 1 aromatic rings. The Morgan fingerprint density at radius 2 is 2.14 bits per heavy atom. The number of hydrogen-bond donors (Lipinski definition) is 2. The second-order valence-corrected chi connectivity index (χ2v) is 4.51. The zero-order valence-electron chi connectivity index (χ0n) is 7.55. The van der Waals surface area contributed by atoms with Crippen molar-refractivity contribution >= 4 is 33.4 Å².